The Morgan fingerprint density at radius 2 is 1.00 bits per heavy atom. The minimum Gasteiger partial charge on any atom is -0.353 e. The number of amides is 5. The van der Waals surface area contributed by atoms with Crippen LogP contribution in [-0.4, -0.2) is 83.6 Å². The molecule has 264 valence electrons. The summed E-state index contributed by atoms with van der Waals surface area (Å²) in [6.45, 7) is 3.28. The molecule has 2 heterocycles. The summed E-state index contributed by atoms with van der Waals surface area (Å²) in [5.74, 6) is -1.37. The Morgan fingerprint density at radius 1 is 0.549 bits per heavy atom. The number of benzene rings is 3. The van der Waals surface area contributed by atoms with Crippen molar-refractivity contribution in [3.63, 3.8) is 0 Å². The van der Waals surface area contributed by atoms with Gasteiger partial charge in [0.2, 0.25) is 17.7 Å². The van der Waals surface area contributed by atoms with Gasteiger partial charge < -0.3 is 25.8 Å². The highest BCUT2D eigenvalue weighted by molar-refractivity contribution is 5.99. The summed E-state index contributed by atoms with van der Waals surface area (Å²) in [4.78, 5) is 70.6. The van der Waals surface area contributed by atoms with Gasteiger partial charge >= 0.3 is 0 Å². The van der Waals surface area contributed by atoms with Gasteiger partial charge in [0.25, 0.3) is 11.8 Å². The second-order valence-corrected chi connectivity index (χ2v) is 15.3. The molecule has 0 spiro atoms. The van der Waals surface area contributed by atoms with Crippen molar-refractivity contribution >= 4 is 29.5 Å². The van der Waals surface area contributed by atoms with Crippen molar-refractivity contribution in [2.75, 3.05) is 26.2 Å². The molecule has 5 amide bonds. The first-order valence-electron chi connectivity index (χ1n) is 18.4. The maximum Gasteiger partial charge on any atom is 0.253 e. The zero-order chi connectivity index (χ0) is 35.2. The van der Waals surface area contributed by atoms with Crippen molar-refractivity contribution in [2.45, 2.75) is 62.6 Å². The van der Waals surface area contributed by atoms with Gasteiger partial charge in [0.05, 0.1) is 17.8 Å². The molecule has 3 N–H and O–H groups in total. The monoisotopic (exact) mass is 687 g/mol. The molecule has 2 aliphatic heterocycles. The molecule has 3 saturated carbocycles. The van der Waals surface area contributed by atoms with Crippen molar-refractivity contribution in [1.29, 1.82) is 0 Å². The van der Waals surface area contributed by atoms with Crippen LogP contribution in [0, 0.1) is 23.7 Å². The van der Waals surface area contributed by atoms with Crippen LogP contribution in [0.3, 0.4) is 0 Å². The second kappa shape index (κ2) is 13.6. The lowest BCUT2D eigenvalue weighted by molar-refractivity contribution is -0.133. The molecule has 51 heavy (non-hydrogen) atoms. The second-order valence-electron chi connectivity index (χ2n) is 15.3. The molecule has 3 aromatic carbocycles. The third kappa shape index (κ3) is 7.14. The van der Waals surface area contributed by atoms with Crippen LogP contribution >= 0.6 is 0 Å². The van der Waals surface area contributed by atoms with E-state index in [1.54, 1.807) is 34.1 Å². The maximum absolute atomic E-state index is 13.8. The van der Waals surface area contributed by atoms with E-state index in [1.165, 1.54) is 11.1 Å². The van der Waals surface area contributed by atoms with Gasteiger partial charge in [0.15, 0.2) is 0 Å². The lowest BCUT2D eigenvalue weighted by atomic mass is 9.94. The molecular weight excluding hydrogens is 642 g/mol. The summed E-state index contributed by atoms with van der Waals surface area (Å²) in [6, 6.07) is 27.0. The van der Waals surface area contributed by atoms with E-state index in [1.807, 2.05) is 36.4 Å². The number of rotatable bonds is 10. The standard InChI is InChI=1S/C41H45N5O5/c1-24-18-34(24)42-37(47)29-16-17-45(21-29)40(50)27-12-14-28(15-13-27)41(51)46-22-32(38(48)43-35-19-30(35)25-8-4-2-5-9-25)33(23-46)39(49)44-36-20-31(36)26-10-6-3-7-11-26/h2-15,24,29-36H,16-23H2,1H3,(H,42,47)(H,43,48)(H,44,49)/t24-,29-,30-,31-,32+,33+,34?,35?,36?/m0/s1. The fraction of sp³-hybridized carbons (Fsp3) is 0.439. The van der Waals surface area contributed by atoms with E-state index in [0.29, 0.717) is 36.6 Å². The first-order chi connectivity index (χ1) is 24.7. The fourth-order valence-electron chi connectivity index (χ4n) is 8.03. The van der Waals surface area contributed by atoms with E-state index in [-0.39, 0.29) is 78.5 Å². The highest BCUT2D eigenvalue weighted by Gasteiger charge is 2.49. The molecule has 0 aromatic heterocycles. The molecule has 3 aliphatic carbocycles. The Hall–Kier alpha value is -4.99. The summed E-state index contributed by atoms with van der Waals surface area (Å²) >= 11 is 0. The Labute approximate surface area is 298 Å². The molecule has 5 aliphatic rings. The van der Waals surface area contributed by atoms with Crippen molar-refractivity contribution in [3.05, 3.63) is 107 Å². The number of hydrogen-bond donors (Lipinski definition) is 3. The van der Waals surface area contributed by atoms with E-state index >= 15 is 0 Å². The van der Waals surface area contributed by atoms with Crippen molar-refractivity contribution < 1.29 is 24.0 Å². The molecular formula is C41H45N5O5. The summed E-state index contributed by atoms with van der Waals surface area (Å²) < 4.78 is 0. The predicted octanol–water partition coefficient (Wildman–Crippen LogP) is 3.71. The quantitative estimate of drug-likeness (QED) is 0.300. The van der Waals surface area contributed by atoms with Crippen LogP contribution in [0.5, 0.6) is 0 Å². The van der Waals surface area contributed by atoms with Crippen molar-refractivity contribution in [3.8, 4) is 0 Å². The molecule has 3 aromatic rings. The smallest absolute Gasteiger partial charge is 0.253 e. The van der Waals surface area contributed by atoms with Gasteiger partial charge in [-0.3, -0.25) is 24.0 Å². The average Bonchev–Trinajstić information content (AvgIpc) is 4.11. The number of likely N-dealkylation sites (tertiary alicyclic amines) is 2. The van der Waals surface area contributed by atoms with Crippen LogP contribution in [0.1, 0.15) is 76.3 Å². The molecule has 9 atom stereocenters. The molecule has 10 heteroatoms. The van der Waals surface area contributed by atoms with Gasteiger partial charge in [0.1, 0.15) is 0 Å². The van der Waals surface area contributed by atoms with Crippen LogP contribution in [0.4, 0.5) is 0 Å². The topological polar surface area (TPSA) is 128 Å². The summed E-state index contributed by atoms with van der Waals surface area (Å²) in [5.41, 5.74) is 3.21. The number of nitrogens with zero attached hydrogens (tertiary/aromatic N) is 2. The molecule has 8 rings (SSSR count). The van der Waals surface area contributed by atoms with Crippen molar-refractivity contribution in [2.24, 2.45) is 23.7 Å². The zero-order valence-corrected chi connectivity index (χ0v) is 28.9. The van der Waals surface area contributed by atoms with Gasteiger partial charge in [-0.15, -0.1) is 0 Å². The first kappa shape index (κ1) is 33.2. The van der Waals surface area contributed by atoms with E-state index in [9.17, 15) is 24.0 Å². The Bertz CT molecular complexity index is 1740. The molecule has 10 nitrogen and oxygen atoms in total. The SMILES string of the molecule is C[C@H]1CC1NC(=O)[C@H]1CCN(C(=O)c2ccc(C(=O)N3C[C@@H](C(=O)NC4C[C@H]4c4ccccc4)[C@H](C(=O)NC4C[C@H]4c4ccccc4)C3)cc2)C1. The van der Waals surface area contributed by atoms with Gasteiger partial charge in [-0.25, -0.2) is 0 Å². The lowest BCUT2D eigenvalue weighted by Gasteiger charge is -2.18. The number of hydrogen-bond acceptors (Lipinski definition) is 5. The van der Waals surface area contributed by atoms with E-state index in [2.05, 4.69) is 47.1 Å². The highest BCUT2D eigenvalue weighted by Crippen LogP contribution is 2.42. The predicted molar refractivity (Wildman–Crippen MR) is 191 cm³/mol. The maximum atomic E-state index is 13.8. The highest BCUT2D eigenvalue weighted by atomic mass is 16.2. The van der Waals surface area contributed by atoms with Crippen LogP contribution in [0.2, 0.25) is 0 Å². The van der Waals surface area contributed by atoms with Gasteiger partial charge in [-0.1, -0.05) is 67.6 Å². The summed E-state index contributed by atoms with van der Waals surface area (Å²) in [5, 5.41) is 9.44. The Kier molecular flexibility index (Phi) is 8.86. The first-order valence-corrected chi connectivity index (χ1v) is 18.4. The fourth-order valence-corrected chi connectivity index (χ4v) is 8.03. The molecule has 5 fully saturated rings. The largest absolute Gasteiger partial charge is 0.353 e. The summed E-state index contributed by atoms with van der Waals surface area (Å²) in [6.07, 6.45) is 3.34. The molecule has 3 unspecified atom stereocenters. The number of carbonyl (C=O) groups is 5. The van der Waals surface area contributed by atoms with Gasteiger partial charge in [0, 0.05) is 67.3 Å². The van der Waals surface area contributed by atoms with Gasteiger partial charge in [-0.2, -0.15) is 0 Å². The minimum absolute atomic E-state index is 0.00602. The number of carbonyl (C=O) groups excluding carboxylic acids is 5. The third-order valence-electron chi connectivity index (χ3n) is 11.6. The Morgan fingerprint density at radius 3 is 1.47 bits per heavy atom. The number of nitrogens with one attached hydrogen (secondary N) is 3. The minimum atomic E-state index is -0.677. The van der Waals surface area contributed by atoms with E-state index in [0.717, 1.165) is 19.3 Å². The van der Waals surface area contributed by atoms with E-state index in [4.69, 9.17) is 0 Å². The van der Waals surface area contributed by atoms with Crippen LogP contribution in [-0.2, 0) is 14.4 Å². The van der Waals surface area contributed by atoms with Crippen LogP contribution in [0.25, 0.3) is 0 Å². The van der Waals surface area contributed by atoms with Gasteiger partial charge in [-0.05, 0) is 67.0 Å². The van der Waals surface area contributed by atoms with Crippen molar-refractivity contribution in [1.82, 2.24) is 25.8 Å². The normalized spacial score (nSPS) is 30.3. The van der Waals surface area contributed by atoms with E-state index < -0.39 is 11.8 Å². The average molecular weight is 688 g/mol. The summed E-state index contributed by atoms with van der Waals surface area (Å²) in [7, 11) is 0. The molecule has 0 bridgehead atoms. The Balaban J connectivity index is 0.913. The lowest BCUT2D eigenvalue weighted by Crippen LogP contribution is -2.43. The zero-order valence-electron chi connectivity index (χ0n) is 28.9. The molecule has 2 saturated heterocycles. The molecule has 0 radical (unpaired) electrons. The van der Waals surface area contributed by atoms with Crippen LogP contribution < -0.4 is 16.0 Å². The third-order valence-corrected chi connectivity index (χ3v) is 11.6. The van der Waals surface area contributed by atoms with Crippen LogP contribution in [0.15, 0.2) is 84.9 Å².